The summed E-state index contributed by atoms with van der Waals surface area (Å²) in [6.07, 6.45) is 0. The highest BCUT2D eigenvalue weighted by Crippen LogP contribution is 2.29. The number of carbonyl (C=O) groups excluding carboxylic acids is 1. The Balaban J connectivity index is 2.22. The summed E-state index contributed by atoms with van der Waals surface area (Å²) in [6.45, 7) is 2.79. The van der Waals surface area contributed by atoms with E-state index in [-0.39, 0.29) is 11.7 Å². The fraction of sp³-hybridized carbons (Fsp3) is 0.231. The SMILES string of the molecule is CCN(C)c1nc(N)c(C(=O)Nc2ccccc2Cl)s1. The summed E-state index contributed by atoms with van der Waals surface area (Å²) < 4.78 is 0. The fourth-order valence-electron chi connectivity index (χ4n) is 1.52. The average Bonchev–Trinajstić information content (AvgIpc) is 2.82. The Morgan fingerprint density at radius 2 is 2.20 bits per heavy atom. The lowest BCUT2D eigenvalue weighted by atomic mass is 10.3. The summed E-state index contributed by atoms with van der Waals surface area (Å²) in [5, 5.41) is 3.94. The van der Waals surface area contributed by atoms with Crippen molar-refractivity contribution < 1.29 is 4.79 Å². The van der Waals surface area contributed by atoms with E-state index in [1.807, 2.05) is 18.9 Å². The van der Waals surface area contributed by atoms with Crippen LogP contribution in [-0.2, 0) is 0 Å². The van der Waals surface area contributed by atoms with Crippen molar-refractivity contribution in [2.24, 2.45) is 0 Å². The van der Waals surface area contributed by atoms with Crippen molar-refractivity contribution in [2.75, 3.05) is 29.5 Å². The Kier molecular flexibility index (Phi) is 4.46. The number of nitrogens with one attached hydrogen (secondary N) is 1. The standard InChI is InChI=1S/C13H15ClN4OS/c1-3-18(2)13-17-11(15)10(20-13)12(19)16-9-7-5-4-6-8(9)14/h4-7H,3,15H2,1-2H3,(H,16,19). The van der Waals surface area contributed by atoms with Crippen molar-refractivity contribution in [3.63, 3.8) is 0 Å². The second kappa shape index (κ2) is 6.11. The third kappa shape index (κ3) is 3.02. The molecule has 1 aromatic carbocycles. The predicted octanol–water partition coefficient (Wildman–Crippen LogP) is 3.09. The third-order valence-electron chi connectivity index (χ3n) is 2.77. The Morgan fingerprint density at radius 3 is 2.85 bits per heavy atom. The highest BCUT2D eigenvalue weighted by Gasteiger charge is 2.18. The topological polar surface area (TPSA) is 71.2 Å². The lowest BCUT2D eigenvalue weighted by molar-refractivity contribution is 0.103. The lowest BCUT2D eigenvalue weighted by Gasteiger charge is -2.10. The van der Waals surface area contributed by atoms with Crippen LogP contribution < -0.4 is 16.0 Å². The minimum Gasteiger partial charge on any atom is -0.382 e. The van der Waals surface area contributed by atoms with Crippen LogP contribution >= 0.6 is 22.9 Å². The molecule has 2 aromatic rings. The van der Waals surface area contributed by atoms with Gasteiger partial charge in [-0.25, -0.2) is 4.98 Å². The molecule has 0 saturated carbocycles. The van der Waals surface area contributed by atoms with E-state index in [1.165, 1.54) is 11.3 Å². The number of amides is 1. The molecule has 0 bridgehead atoms. The molecule has 3 N–H and O–H groups in total. The highest BCUT2D eigenvalue weighted by molar-refractivity contribution is 7.18. The summed E-state index contributed by atoms with van der Waals surface area (Å²) in [6, 6.07) is 7.04. The van der Waals surface area contributed by atoms with E-state index in [9.17, 15) is 4.79 Å². The van der Waals surface area contributed by atoms with Crippen molar-refractivity contribution in [3.8, 4) is 0 Å². The Labute approximate surface area is 126 Å². The maximum absolute atomic E-state index is 12.2. The molecular formula is C13H15ClN4OS. The van der Waals surface area contributed by atoms with Gasteiger partial charge in [-0.1, -0.05) is 35.1 Å². The smallest absolute Gasteiger partial charge is 0.269 e. The number of para-hydroxylation sites is 1. The van der Waals surface area contributed by atoms with E-state index in [2.05, 4.69) is 10.3 Å². The molecule has 20 heavy (non-hydrogen) atoms. The van der Waals surface area contributed by atoms with Crippen LogP contribution in [0.1, 0.15) is 16.6 Å². The number of nitrogen functional groups attached to an aromatic ring is 1. The monoisotopic (exact) mass is 310 g/mol. The second-order valence-electron chi connectivity index (χ2n) is 4.16. The molecule has 0 fully saturated rings. The van der Waals surface area contributed by atoms with Gasteiger partial charge < -0.3 is 16.0 Å². The number of thiazole rings is 1. The first-order valence-corrected chi connectivity index (χ1v) is 7.25. The Morgan fingerprint density at radius 1 is 1.50 bits per heavy atom. The van der Waals surface area contributed by atoms with Crippen molar-refractivity contribution in [2.45, 2.75) is 6.92 Å². The van der Waals surface area contributed by atoms with Gasteiger partial charge in [-0.3, -0.25) is 4.79 Å². The Hall–Kier alpha value is -1.79. The molecule has 7 heteroatoms. The second-order valence-corrected chi connectivity index (χ2v) is 5.54. The summed E-state index contributed by atoms with van der Waals surface area (Å²) >= 11 is 7.27. The predicted molar refractivity (Wildman–Crippen MR) is 84.9 cm³/mol. The number of halogens is 1. The number of hydrogen-bond acceptors (Lipinski definition) is 5. The zero-order chi connectivity index (χ0) is 14.7. The van der Waals surface area contributed by atoms with Crippen molar-refractivity contribution in [3.05, 3.63) is 34.2 Å². The Bertz CT molecular complexity index is 629. The molecule has 0 unspecified atom stereocenters. The minimum absolute atomic E-state index is 0.231. The molecule has 0 aliphatic carbocycles. The van der Waals surface area contributed by atoms with E-state index in [1.54, 1.807) is 24.3 Å². The van der Waals surface area contributed by atoms with Gasteiger partial charge in [-0.05, 0) is 19.1 Å². The zero-order valence-electron chi connectivity index (χ0n) is 11.2. The first-order chi connectivity index (χ1) is 9.52. The lowest BCUT2D eigenvalue weighted by Crippen LogP contribution is -2.15. The van der Waals surface area contributed by atoms with Crippen LogP contribution in [0.25, 0.3) is 0 Å². The molecule has 1 amide bonds. The van der Waals surface area contributed by atoms with E-state index < -0.39 is 0 Å². The van der Waals surface area contributed by atoms with E-state index in [0.717, 1.165) is 6.54 Å². The van der Waals surface area contributed by atoms with Gasteiger partial charge >= 0.3 is 0 Å². The van der Waals surface area contributed by atoms with Crippen LogP contribution in [0.3, 0.4) is 0 Å². The van der Waals surface area contributed by atoms with Crippen LogP contribution in [0.4, 0.5) is 16.6 Å². The molecule has 0 atom stereocenters. The van der Waals surface area contributed by atoms with Gasteiger partial charge in [0, 0.05) is 13.6 Å². The summed E-state index contributed by atoms with van der Waals surface area (Å²) in [7, 11) is 1.90. The number of hydrogen-bond donors (Lipinski definition) is 2. The number of aromatic nitrogens is 1. The number of nitrogens with zero attached hydrogens (tertiary/aromatic N) is 2. The molecule has 0 radical (unpaired) electrons. The highest BCUT2D eigenvalue weighted by atomic mass is 35.5. The van der Waals surface area contributed by atoms with Crippen molar-refractivity contribution in [1.82, 2.24) is 4.98 Å². The number of anilines is 3. The average molecular weight is 311 g/mol. The van der Waals surface area contributed by atoms with Gasteiger partial charge in [0.25, 0.3) is 5.91 Å². The van der Waals surface area contributed by atoms with Crippen LogP contribution in [0.15, 0.2) is 24.3 Å². The third-order valence-corrected chi connectivity index (χ3v) is 4.29. The molecular weight excluding hydrogens is 296 g/mol. The molecule has 5 nitrogen and oxygen atoms in total. The molecule has 1 aromatic heterocycles. The summed E-state index contributed by atoms with van der Waals surface area (Å²) in [4.78, 5) is 18.7. The van der Waals surface area contributed by atoms with E-state index >= 15 is 0 Å². The van der Waals surface area contributed by atoms with Gasteiger partial charge in [-0.15, -0.1) is 0 Å². The first-order valence-electron chi connectivity index (χ1n) is 6.06. The summed E-state index contributed by atoms with van der Waals surface area (Å²) in [5.41, 5.74) is 6.36. The number of nitrogens with two attached hydrogens (primary N) is 1. The first kappa shape index (κ1) is 14.6. The zero-order valence-corrected chi connectivity index (χ0v) is 12.8. The van der Waals surface area contributed by atoms with Gasteiger partial charge in [0.2, 0.25) is 0 Å². The van der Waals surface area contributed by atoms with Crippen LogP contribution in [0, 0.1) is 0 Å². The molecule has 0 spiro atoms. The molecule has 106 valence electrons. The maximum Gasteiger partial charge on any atom is 0.269 e. The van der Waals surface area contributed by atoms with Crippen LogP contribution in [0.2, 0.25) is 5.02 Å². The van der Waals surface area contributed by atoms with Gasteiger partial charge in [0.15, 0.2) is 5.13 Å². The molecule has 0 aliphatic rings. The quantitative estimate of drug-likeness (QED) is 0.910. The van der Waals surface area contributed by atoms with Gasteiger partial charge in [0.05, 0.1) is 10.7 Å². The van der Waals surface area contributed by atoms with Crippen LogP contribution in [0.5, 0.6) is 0 Å². The molecule has 0 aliphatic heterocycles. The minimum atomic E-state index is -0.302. The van der Waals surface area contributed by atoms with Crippen LogP contribution in [-0.4, -0.2) is 24.5 Å². The molecule has 1 heterocycles. The number of benzene rings is 1. The number of rotatable bonds is 4. The maximum atomic E-state index is 12.2. The largest absolute Gasteiger partial charge is 0.382 e. The van der Waals surface area contributed by atoms with Crippen molar-refractivity contribution >= 4 is 45.5 Å². The molecule has 0 saturated heterocycles. The van der Waals surface area contributed by atoms with E-state index in [0.29, 0.717) is 20.7 Å². The molecule has 2 rings (SSSR count). The fourth-order valence-corrected chi connectivity index (χ4v) is 2.61. The summed E-state index contributed by atoms with van der Waals surface area (Å²) in [5.74, 6) is -0.0706. The van der Waals surface area contributed by atoms with Gasteiger partial charge in [-0.2, -0.15) is 0 Å². The van der Waals surface area contributed by atoms with Gasteiger partial charge in [0.1, 0.15) is 10.7 Å². The van der Waals surface area contributed by atoms with Crippen molar-refractivity contribution in [1.29, 1.82) is 0 Å². The number of carbonyl (C=O) groups is 1. The normalized spacial score (nSPS) is 10.3. The van der Waals surface area contributed by atoms with E-state index in [4.69, 9.17) is 17.3 Å².